The third-order valence-electron chi connectivity index (χ3n) is 4.94. The lowest BCUT2D eigenvalue weighted by Crippen LogP contribution is -2.41. The molecule has 2 aliphatic rings. The molecule has 0 saturated carbocycles. The summed E-state index contributed by atoms with van der Waals surface area (Å²) in [4.78, 5) is 18.7. The molecule has 0 N–H and O–H groups in total. The van der Waals surface area contributed by atoms with Crippen LogP contribution in [0.5, 0.6) is 0 Å². The van der Waals surface area contributed by atoms with Crippen LogP contribution in [-0.2, 0) is 20.6 Å². The summed E-state index contributed by atoms with van der Waals surface area (Å²) in [7, 11) is 1.13. The molecule has 1 fully saturated rings. The number of fused-ring (bicyclic) bond motifs is 1. The molecule has 3 heterocycles. The first kappa shape index (κ1) is 16.4. The summed E-state index contributed by atoms with van der Waals surface area (Å²) in [5.41, 5.74) is 1.39. The van der Waals surface area contributed by atoms with Crippen LogP contribution >= 0.6 is 0 Å². The van der Waals surface area contributed by atoms with Gasteiger partial charge in [-0.25, -0.2) is 0 Å². The van der Waals surface area contributed by atoms with Crippen LogP contribution in [0.4, 0.5) is 0 Å². The van der Waals surface area contributed by atoms with Crippen molar-refractivity contribution in [3.05, 3.63) is 23.5 Å². The molecule has 0 radical (unpaired) electrons. The molecule has 1 aromatic rings. The van der Waals surface area contributed by atoms with Crippen LogP contribution in [0.15, 0.2) is 12.3 Å². The fourth-order valence-corrected chi connectivity index (χ4v) is 2.73. The Morgan fingerprint density at radius 3 is 2.57 bits per heavy atom. The van der Waals surface area contributed by atoms with Gasteiger partial charge in [-0.2, -0.15) is 0 Å². The minimum Gasteiger partial charge on any atom is -0.399 e. The first-order valence-electron chi connectivity index (χ1n) is 7.88. The largest absolute Gasteiger partial charge is 0.496 e. The predicted octanol–water partition coefficient (Wildman–Crippen LogP) is 0.983. The quantitative estimate of drug-likeness (QED) is 0.775. The van der Waals surface area contributed by atoms with Gasteiger partial charge in [-0.05, 0) is 33.8 Å². The summed E-state index contributed by atoms with van der Waals surface area (Å²) in [6.45, 7) is 9.64. The van der Waals surface area contributed by atoms with E-state index in [9.17, 15) is 4.79 Å². The van der Waals surface area contributed by atoms with E-state index in [0.29, 0.717) is 25.3 Å². The van der Waals surface area contributed by atoms with Gasteiger partial charge in [-0.3, -0.25) is 9.78 Å². The summed E-state index contributed by atoms with van der Waals surface area (Å²) in [5, 5.41) is 0. The zero-order valence-electron chi connectivity index (χ0n) is 14.4. The van der Waals surface area contributed by atoms with Crippen LogP contribution in [0.25, 0.3) is 0 Å². The van der Waals surface area contributed by atoms with Crippen molar-refractivity contribution in [1.82, 2.24) is 9.88 Å². The molecule has 0 spiro atoms. The second-order valence-electron chi connectivity index (χ2n) is 7.07. The number of ether oxygens (including phenoxy) is 1. The number of hydrogen-bond acceptors (Lipinski definition) is 5. The summed E-state index contributed by atoms with van der Waals surface area (Å²) in [5.74, 6) is -0.0112. The van der Waals surface area contributed by atoms with Gasteiger partial charge in [0.25, 0.3) is 5.91 Å². The van der Waals surface area contributed by atoms with E-state index in [4.69, 9.17) is 14.0 Å². The molecule has 1 amide bonds. The van der Waals surface area contributed by atoms with E-state index in [1.165, 1.54) is 0 Å². The highest BCUT2D eigenvalue weighted by atomic mass is 16.7. The third-order valence-corrected chi connectivity index (χ3v) is 4.94. The van der Waals surface area contributed by atoms with Gasteiger partial charge in [0.15, 0.2) is 0 Å². The highest BCUT2D eigenvalue weighted by Crippen LogP contribution is 2.36. The zero-order valence-corrected chi connectivity index (χ0v) is 14.4. The highest BCUT2D eigenvalue weighted by Gasteiger charge is 2.52. The molecular weight excluding hydrogens is 295 g/mol. The van der Waals surface area contributed by atoms with Gasteiger partial charge in [0.2, 0.25) is 0 Å². The van der Waals surface area contributed by atoms with Crippen molar-refractivity contribution in [1.29, 1.82) is 0 Å². The van der Waals surface area contributed by atoms with Crippen molar-refractivity contribution in [3.8, 4) is 0 Å². The molecule has 0 bridgehead atoms. The van der Waals surface area contributed by atoms with Gasteiger partial charge in [0, 0.05) is 25.3 Å². The first-order chi connectivity index (χ1) is 10.7. The molecule has 3 rings (SSSR count). The van der Waals surface area contributed by atoms with Crippen molar-refractivity contribution >= 4 is 18.5 Å². The molecule has 1 saturated heterocycles. The van der Waals surface area contributed by atoms with Crippen LogP contribution < -0.4 is 5.46 Å². The number of methoxy groups -OCH3 is 1. The minimum absolute atomic E-state index is 0.0112. The Morgan fingerprint density at radius 1 is 1.30 bits per heavy atom. The fraction of sp³-hybridized carbons (Fsp3) is 0.625. The molecule has 0 atom stereocenters. The Labute approximate surface area is 137 Å². The lowest BCUT2D eigenvalue weighted by molar-refractivity contribution is 0.00578. The van der Waals surface area contributed by atoms with Crippen LogP contribution in [0.1, 0.15) is 43.7 Å². The number of pyridine rings is 1. The Hall–Kier alpha value is -1.44. The molecule has 23 heavy (non-hydrogen) atoms. The maximum Gasteiger partial charge on any atom is 0.496 e. The second-order valence-corrected chi connectivity index (χ2v) is 7.07. The molecule has 6 nitrogen and oxygen atoms in total. The Balaban J connectivity index is 1.82. The molecule has 124 valence electrons. The van der Waals surface area contributed by atoms with E-state index in [1.54, 1.807) is 18.2 Å². The van der Waals surface area contributed by atoms with Crippen molar-refractivity contribution in [2.24, 2.45) is 0 Å². The number of nitrogens with zero attached hydrogens (tertiary/aromatic N) is 2. The zero-order chi connectivity index (χ0) is 16.8. The van der Waals surface area contributed by atoms with Crippen molar-refractivity contribution in [2.45, 2.75) is 45.4 Å². The van der Waals surface area contributed by atoms with Crippen LogP contribution in [0, 0.1) is 0 Å². The summed E-state index contributed by atoms with van der Waals surface area (Å²) < 4.78 is 17.1. The predicted molar refractivity (Wildman–Crippen MR) is 86.6 cm³/mol. The van der Waals surface area contributed by atoms with Crippen LogP contribution in [0.3, 0.4) is 0 Å². The van der Waals surface area contributed by atoms with E-state index < -0.39 is 18.3 Å². The van der Waals surface area contributed by atoms with E-state index in [-0.39, 0.29) is 5.91 Å². The van der Waals surface area contributed by atoms with Crippen molar-refractivity contribution < 1.29 is 18.8 Å². The van der Waals surface area contributed by atoms with Gasteiger partial charge in [0.1, 0.15) is 0 Å². The lowest BCUT2D eigenvalue weighted by atomic mass is 9.79. The maximum absolute atomic E-state index is 12.5. The van der Waals surface area contributed by atoms with Gasteiger partial charge in [0.05, 0.1) is 35.6 Å². The first-order valence-corrected chi connectivity index (χ1v) is 7.88. The number of carbonyl (C=O) groups excluding carboxylic acids is 1. The molecular formula is C16H23BN2O4. The number of rotatable bonds is 4. The Kier molecular flexibility index (Phi) is 3.98. The van der Waals surface area contributed by atoms with E-state index >= 15 is 0 Å². The molecule has 7 heteroatoms. The Bertz CT molecular complexity index is 617. The van der Waals surface area contributed by atoms with Crippen LogP contribution in [-0.4, -0.2) is 54.4 Å². The molecule has 0 aliphatic carbocycles. The monoisotopic (exact) mass is 318 g/mol. The average molecular weight is 318 g/mol. The minimum atomic E-state index is -0.501. The lowest BCUT2D eigenvalue weighted by Gasteiger charge is -2.32. The number of hydrogen-bond donors (Lipinski definition) is 0. The summed E-state index contributed by atoms with van der Waals surface area (Å²) >= 11 is 0. The SMILES string of the molecule is COCCN1Cc2ncc(B3OC(C)(C)C(C)(C)O3)cc2C1=O. The molecule has 0 aromatic carbocycles. The standard InChI is InChI=1S/C16H23BN2O4/c1-15(2)16(3,4)23-17(22-15)11-8-12-13(18-9-11)10-19(14(12)20)6-7-21-5/h8-9H,6-7,10H2,1-5H3. The molecule has 2 aliphatic heterocycles. The van der Waals surface area contributed by atoms with Crippen molar-refractivity contribution in [3.63, 3.8) is 0 Å². The second kappa shape index (κ2) is 5.58. The molecule has 1 aromatic heterocycles. The van der Waals surface area contributed by atoms with Gasteiger partial charge in [-0.15, -0.1) is 0 Å². The number of amides is 1. The smallest absolute Gasteiger partial charge is 0.399 e. The Morgan fingerprint density at radius 2 is 1.96 bits per heavy atom. The van der Waals surface area contributed by atoms with E-state index in [0.717, 1.165) is 11.2 Å². The van der Waals surface area contributed by atoms with E-state index in [2.05, 4.69) is 4.98 Å². The molecule has 0 unspecified atom stereocenters. The summed E-state index contributed by atoms with van der Waals surface area (Å²) in [6.07, 6.45) is 1.74. The summed E-state index contributed by atoms with van der Waals surface area (Å²) in [6, 6.07) is 1.85. The highest BCUT2D eigenvalue weighted by molar-refractivity contribution is 6.62. The number of aromatic nitrogens is 1. The van der Waals surface area contributed by atoms with Gasteiger partial charge < -0.3 is 18.9 Å². The number of carbonyl (C=O) groups is 1. The normalized spacial score (nSPS) is 21.9. The van der Waals surface area contributed by atoms with Gasteiger partial charge in [-0.1, -0.05) is 0 Å². The fourth-order valence-electron chi connectivity index (χ4n) is 2.73. The van der Waals surface area contributed by atoms with Crippen LogP contribution in [0.2, 0.25) is 0 Å². The third kappa shape index (κ3) is 2.77. The maximum atomic E-state index is 12.5. The average Bonchev–Trinajstić information content (AvgIpc) is 2.90. The van der Waals surface area contributed by atoms with Crippen molar-refractivity contribution in [2.75, 3.05) is 20.3 Å². The van der Waals surface area contributed by atoms with Gasteiger partial charge >= 0.3 is 7.12 Å². The van der Waals surface area contributed by atoms with E-state index in [1.807, 2.05) is 33.8 Å². The topological polar surface area (TPSA) is 60.9 Å².